The first-order valence-corrected chi connectivity index (χ1v) is 19.1. The van der Waals surface area contributed by atoms with Crippen LogP contribution in [0, 0.1) is 5.92 Å². The molecule has 7 atom stereocenters. The molecular weight excluding hydrogens is 753 g/mol. The van der Waals surface area contributed by atoms with Crippen LogP contribution < -0.4 is 38.2 Å². The lowest BCUT2D eigenvalue weighted by Gasteiger charge is -2.32. The number of hydrogen-bond donors (Lipinski definition) is 10. The van der Waals surface area contributed by atoms with E-state index in [2.05, 4.69) is 31.7 Å². The largest absolute Gasteiger partial charge is 0.480 e. The van der Waals surface area contributed by atoms with E-state index in [-0.39, 0.29) is 25.1 Å². The summed E-state index contributed by atoms with van der Waals surface area (Å²) in [6, 6.07) is -1.36. The number of nitrogens with zero attached hydrogens (tertiary/aromatic N) is 2. The van der Waals surface area contributed by atoms with Crippen LogP contribution in [0.4, 0.5) is 4.79 Å². The first kappa shape index (κ1) is 43.3. The summed E-state index contributed by atoms with van der Waals surface area (Å²) in [6.45, 7) is 5.85. The Bertz CT molecular complexity index is 1840. The third-order valence-corrected chi connectivity index (χ3v) is 10.7. The summed E-state index contributed by atoms with van der Waals surface area (Å²) in [4.78, 5) is 110. The summed E-state index contributed by atoms with van der Waals surface area (Å²) in [5.41, 5.74) is 15.5. The number of carboxylic acid groups (broad SMARTS) is 1. The number of nitrogens with two attached hydrogens (primary N) is 2. The molecule has 2 aliphatic heterocycles. The summed E-state index contributed by atoms with van der Waals surface area (Å²) in [7, 11) is 0. The fraction of sp³-hybridized carbons (Fsp3) is 0.543. The lowest BCUT2D eigenvalue weighted by atomic mass is 9.98. The Labute approximate surface area is 326 Å². The summed E-state index contributed by atoms with van der Waals surface area (Å²) in [5, 5.41) is 32.1. The number of benzene rings is 1. The lowest BCUT2D eigenvalue weighted by Crippen LogP contribution is -2.63. The van der Waals surface area contributed by atoms with Crippen LogP contribution in [0.5, 0.6) is 0 Å². The number of aromatic nitrogens is 1. The van der Waals surface area contributed by atoms with Gasteiger partial charge < -0.3 is 52.8 Å². The maximum absolute atomic E-state index is 14.1. The van der Waals surface area contributed by atoms with Crippen LogP contribution >= 0.6 is 11.8 Å². The molecule has 0 radical (unpaired) electrons. The number of amides is 8. The molecule has 56 heavy (non-hydrogen) atoms. The zero-order chi connectivity index (χ0) is 41.4. The Kier molecular flexibility index (Phi) is 14.7. The molecule has 306 valence electrons. The third kappa shape index (κ3) is 10.7. The molecule has 12 N–H and O–H groups in total. The van der Waals surface area contributed by atoms with Crippen molar-refractivity contribution >= 4 is 70.1 Å². The SMILES string of the molecule is CC[C@H](C)[C@@H]1NC(=O)CNC(=O)[C@@H](N)Cc2c([nH]c3ccccc23)SCC(C(=O)N[C@@H](CC(N)=O)C(=O)N2C[C@H](O)C[C@H]2C(=O)O)NC(=O)N(C(C)C)NC1=O. The molecule has 0 spiro atoms. The number of carbonyl (C=O) groups is 8. The molecule has 1 aromatic carbocycles. The van der Waals surface area contributed by atoms with E-state index in [9.17, 15) is 48.6 Å². The first-order valence-electron chi connectivity index (χ1n) is 18.2. The molecule has 8 amide bonds. The number of aliphatic hydroxyl groups excluding tert-OH is 1. The summed E-state index contributed by atoms with van der Waals surface area (Å²) in [6.07, 6.45) is -1.74. The van der Waals surface area contributed by atoms with Crippen LogP contribution in [0.1, 0.15) is 52.5 Å². The van der Waals surface area contributed by atoms with Gasteiger partial charge in [0.2, 0.25) is 29.5 Å². The Hall–Kier alpha value is -5.41. The van der Waals surface area contributed by atoms with Gasteiger partial charge >= 0.3 is 12.0 Å². The number of nitrogens with one attached hydrogen (secondary N) is 6. The van der Waals surface area contributed by atoms with Crippen molar-refractivity contribution in [2.75, 3.05) is 18.8 Å². The van der Waals surface area contributed by atoms with Crippen molar-refractivity contribution in [3.63, 3.8) is 0 Å². The van der Waals surface area contributed by atoms with Crippen molar-refractivity contribution in [3.05, 3.63) is 29.8 Å². The van der Waals surface area contributed by atoms with Gasteiger partial charge in [0.1, 0.15) is 24.2 Å². The second-order valence-electron chi connectivity index (χ2n) is 14.2. The summed E-state index contributed by atoms with van der Waals surface area (Å²) < 4.78 is 0. The average Bonchev–Trinajstić information content (AvgIpc) is 3.71. The van der Waals surface area contributed by atoms with Gasteiger partial charge in [-0.25, -0.2) is 14.6 Å². The van der Waals surface area contributed by atoms with Crippen molar-refractivity contribution in [1.29, 1.82) is 0 Å². The zero-order valence-corrected chi connectivity index (χ0v) is 32.3. The number of para-hydroxylation sites is 1. The number of hydrazine groups is 1. The molecule has 21 heteroatoms. The van der Waals surface area contributed by atoms with E-state index < -0.39 is 109 Å². The van der Waals surface area contributed by atoms with Gasteiger partial charge in [0.05, 0.1) is 30.1 Å². The van der Waals surface area contributed by atoms with Crippen LogP contribution in [-0.2, 0) is 40.0 Å². The van der Waals surface area contributed by atoms with Gasteiger partial charge in [-0.2, -0.15) is 0 Å². The van der Waals surface area contributed by atoms with Gasteiger partial charge in [0.25, 0.3) is 5.91 Å². The minimum Gasteiger partial charge on any atom is -0.480 e. The molecule has 0 saturated carbocycles. The van der Waals surface area contributed by atoms with E-state index in [1.54, 1.807) is 52.0 Å². The molecule has 1 aromatic heterocycles. The standard InChI is InChI=1S/C35H50N10O10S/c1-5-17(4)28-31(51)43-45(16(2)3)35(55)41-24(30(50)39-23(12-26(37)47)33(52)44-14-18(46)10-25(44)34(53)54)15-56-32-20(19-8-6-7-9-22(19)40-32)11-21(36)29(49)38-13-27(48)42-28/h6-9,16-18,21,23-25,28,40,46H,5,10-15,36H2,1-4H3,(H2,37,47)(H,38,49)(H,39,50)(H,41,55)(H,42,48)(H,43,51)(H,53,54)/t17-,18+,21-,23-,24?,25-,28-/m0/s1. The average molecular weight is 803 g/mol. The van der Waals surface area contributed by atoms with Crippen molar-refractivity contribution in [2.24, 2.45) is 17.4 Å². The highest BCUT2D eigenvalue weighted by atomic mass is 32.2. The molecule has 0 bridgehead atoms. The van der Waals surface area contributed by atoms with E-state index in [0.717, 1.165) is 21.7 Å². The number of carboxylic acids is 1. The smallest absolute Gasteiger partial charge is 0.337 e. The maximum Gasteiger partial charge on any atom is 0.337 e. The number of H-pyrrole nitrogens is 1. The number of likely N-dealkylation sites (tertiary alicyclic amines) is 1. The van der Waals surface area contributed by atoms with E-state index in [4.69, 9.17) is 11.5 Å². The molecule has 1 saturated heterocycles. The Balaban J connectivity index is 1.75. The highest BCUT2D eigenvalue weighted by molar-refractivity contribution is 7.99. The van der Waals surface area contributed by atoms with Gasteiger partial charge in [0, 0.05) is 35.7 Å². The van der Waals surface area contributed by atoms with Crippen LogP contribution in [0.15, 0.2) is 29.3 Å². The van der Waals surface area contributed by atoms with Gasteiger partial charge in [-0.1, -0.05) is 38.5 Å². The minimum atomic E-state index is -1.68. The second-order valence-corrected chi connectivity index (χ2v) is 15.2. The molecular formula is C35H50N10O10S. The molecule has 3 heterocycles. The first-order chi connectivity index (χ1) is 26.4. The van der Waals surface area contributed by atoms with Crippen LogP contribution in [0.3, 0.4) is 0 Å². The number of β-amino-alcohol motifs (C(OH)–C–C–N with tert-alkyl or cyclic N) is 1. The topological polar surface area (TPSA) is 311 Å². The van der Waals surface area contributed by atoms with Gasteiger partial charge in [-0.05, 0) is 37.8 Å². The van der Waals surface area contributed by atoms with E-state index in [1.807, 2.05) is 0 Å². The number of urea groups is 1. The summed E-state index contributed by atoms with van der Waals surface area (Å²) >= 11 is 1.07. The predicted molar refractivity (Wildman–Crippen MR) is 202 cm³/mol. The van der Waals surface area contributed by atoms with Crippen molar-refractivity contribution in [1.82, 2.24) is 41.6 Å². The monoisotopic (exact) mass is 802 g/mol. The predicted octanol–water partition coefficient (Wildman–Crippen LogP) is -1.98. The van der Waals surface area contributed by atoms with Crippen molar-refractivity contribution in [3.8, 4) is 0 Å². The Morgan fingerprint density at radius 3 is 2.39 bits per heavy atom. The van der Waals surface area contributed by atoms with Crippen LogP contribution in [-0.4, -0.2) is 134 Å². The summed E-state index contributed by atoms with van der Waals surface area (Å²) in [5.74, 6) is -7.07. The lowest BCUT2D eigenvalue weighted by molar-refractivity contribution is -0.149. The number of carbonyl (C=O) groups excluding carboxylic acids is 7. The number of aliphatic hydroxyl groups is 1. The minimum absolute atomic E-state index is 0.0103. The number of hydrogen-bond acceptors (Lipinski definition) is 11. The number of fused-ring (bicyclic) bond motifs is 3. The maximum atomic E-state index is 14.1. The molecule has 0 aliphatic carbocycles. The highest BCUT2D eigenvalue weighted by Gasteiger charge is 2.42. The number of thioether (sulfide) groups is 1. The second kappa shape index (κ2) is 19.0. The molecule has 1 unspecified atom stereocenters. The molecule has 1 fully saturated rings. The van der Waals surface area contributed by atoms with Crippen molar-refractivity contribution in [2.45, 2.75) is 101 Å². The highest BCUT2D eigenvalue weighted by Crippen LogP contribution is 2.31. The fourth-order valence-electron chi connectivity index (χ4n) is 6.37. The number of aromatic amines is 1. The van der Waals surface area contributed by atoms with Gasteiger partial charge in [-0.3, -0.25) is 34.2 Å². The van der Waals surface area contributed by atoms with Gasteiger partial charge in [-0.15, -0.1) is 11.8 Å². The fourth-order valence-corrected chi connectivity index (χ4v) is 7.49. The normalized spacial score (nSPS) is 24.2. The zero-order valence-electron chi connectivity index (χ0n) is 31.5. The van der Waals surface area contributed by atoms with Gasteiger partial charge in [0.15, 0.2) is 0 Å². The van der Waals surface area contributed by atoms with Crippen LogP contribution in [0.2, 0.25) is 0 Å². The van der Waals surface area contributed by atoms with E-state index >= 15 is 0 Å². The quantitative estimate of drug-likeness (QED) is 0.132. The molecule has 2 aliphatic rings. The molecule has 2 aromatic rings. The van der Waals surface area contributed by atoms with Crippen molar-refractivity contribution < 1.29 is 48.6 Å². The van der Waals surface area contributed by atoms with E-state index in [1.165, 1.54) is 0 Å². The van der Waals surface area contributed by atoms with E-state index in [0.29, 0.717) is 27.9 Å². The Morgan fingerprint density at radius 2 is 1.75 bits per heavy atom. The number of rotatable bonds is 9. The third-order valence-electron chi connectivity index (χ3n) is 9.61. The van der Waals surface area contributed by atoms with Crippen LogP contribution in [0.25, 0.3) is 10.9 Å². The Morgan fingerprint density at radius 1 is 1.05 bits per heavy atom. The molecule has 4 rings (SSSR count). The number of primary amides is 1. The molecule has 20 nitrogen and oxygen atoms in total. The number of aliphatic carboxylic acids is 1.